The van der Waals surface area contributed by atoms with Crippen LogP contribution in [0, 0.1) is 0 Å². The van der Waals surface area contributed by atoms with Crippen molar-refractivity contribution in [3.63, 3.8) is 0 Å². The van der Waals surface area contributed by atoms with Crippen molar-refractivity contribution in [2.45, 2.75) is 64.0 Å². The first kappa shape index (κ1) is 20.3. The van der Waals surface area contributed by atoms with Crippen LogP contribution in [0.1, 0.15) is 57.9 Å². The molecule has 0 bridgehead atoms. The summed E-state index contributed by atoms with van der Waals surface area (Å²) in [5.74, 6) is 2.45. The molecule has 0 aliphatic carbocycles. The lowest BCUT2D eigenvalue weighted by Crippen LogP contribution is -3.00. The van der Waals surface area contributed by atoms with Crippen LogP contribution in [0.25, 0.3) is 0 Å². The van der Waals surface area contributed by atoms with E-state index in [-0.39, 0.29) is 17.7 Å². The summed E-state index contributed by atoms with van der Waals surface area (Å²) in [7, 11) is -0.743. The number of benzene rings is 1. The minimum absolute atomic E-state index is 0. The first-order chi connectivity index (χ1) is 10.7. The van der Waals surface area contributed by atoms with Gasteiger partial charge in [0.2, 0.25) is 6.79 Å². The van der Waals surface area contributed by atoms with E-state index in [1.165, 1.54) is 37.7 Å². The van der Waals surface area contributed by atoms with Crippen LogP contribution in [0.2, 0.25) is 0 Å². The molecule has 0 radical (unpaired) electrons. The largest absolute Gasteiger partial charge is 1.00 e. The van der Waals surface area contributed by atoms with Gasteiger partial charge in [-0.3, -0.25) is 4.21 Å². The van der Waals surface area contributed by atoms with Crippen molar-refractivity contribution in [1.29, 1.82) is 0 Å². The number of ether oxygens (including phenoxy) is 2. The van der Waals surface area contributed by atoms with Gasteiger partial charge >= 0.3 is 0 Å². The molecule has 0 amide bonds. The zero-order valence-corrected chi connectivity index (χ0v) is 15.8. The quantitative estimate of drug-likeness (QED) is 0.593. The van der Waals surface area contributed by atoms with Crippen LogP contribution in [0.3, 0.4) is 0 Å². The Morgan fingerprint density at radius 1 is 1.09 bits per heavy atom. The van der Waals surface area contributed by atoms with Crippen LogP contribution >= 0.6 is 0 Å². The van der Waals surface area contributed by atoms with Crippen molar-refractivity contribution >= 4 is 10.8 Å². The third-order valence-electron chi connectivity index (χ3n) is 4.11. The van der Waals surface area contributed by atoms with Crippen LogP contribution < -0.4 is 21.9 Å². The van der Waals surface area contributed by atoms with Gasteiger partial charge in [-0.25, -0.2) is 0 Å². The molecule has 0 fully saturated rings. The van der Waals surface area contributed by atoms with Gasteiger partial charge < -0.3 is 21.9 Å². The maximum Gasteiger partial charge on any atom is 0.231 e. The van der Waals surface area contributed by atoms with Crippen LogP contribution in [0.5, 0.6) is 11.5 Å². The summed E-state index contributed by atoms with van der Waals surface area (Å²) < 4.78 is 23.0. The minimum atomic E-state index is -0.743. The first-order valence-corrected chi connectivity index (χ1v) is 9.84. The van der Waals surface area contributed by atoms with Crippen molar-refractivity contribution in [2.75, 3.05) is 12.5 Å². The summed E-state index contributed by atoms with van der Waals surface area (Å²) in [4.78, 5) is 0. The van der Waals surface area contributed by atoms with Gasteiger partial charge in [-0.1, -0.05) is 52.0 Å². The summed E-state index contributed by atoms with van der Waals surface area (Å²) >= 11 is 0. The van der Waals surface area contributed by atoms with Crippen LogP contribution in [-0.4, -0.2) is 22.0 Å². The zero-order chi connectivity index (χ0) is 15.8. The van der Waals surface area contributed by atoms with Crippen molar-refractivity contribution in [1.82, 2.24) is 0 Å². The second-order valence-corrected chi connectivity index (χ2v) is 8.03. The van der Waals surface area contributed by atoms with Gasteiger partial charge in [0.05, 0.1) is 0 Å². The molecule has 2 atom stereocenters. The van der Waals surface area contributed by atoms with Crippen LogP contribution in [0.15, 0.2) is 18.2 Å². The maximum absolute atomic E-state index is 12.3. The number of unbranched alkanes of at least 4 members (excludes halogenated alkanes) is 5. The van der Waals surface area contributed by atoms with Crippen LogP contribution in [0.4, 0.5) is 0 Å². The SMILES string of the molecule is CCCCCCCCS(=O)C(C)Cc1ccc2c(c1)OCO2.[Cl-]. The molecular weight excluding hydrogens is 332 g/mol. The smallest absolute Gasteiger partial charge is 0.231 e. The number of hydrogen-bond acceptors (Lipinski definition) is 3. The van der Waals surface area contributed by atoms with Gasteiger partial charge in [0, 0.05) is 21.8 Å². The number of rotatable bonds is 10. The molecule has 0 aromatic heterocycles. The van der Waals surface area contributed by atoms with Crippen molar-refractivity contribution in [3.8, 4) is 11.5 Å². The lowest BCUT2D eigenvalue weighted by atomic mass is 10.1. The molecule has 0 N–H and O–H groups in total. The minimum Gasteiger partial charge on any atom is -1.00 e. The number of fused-ring (bicyclic) bond motifs is 1. The van der Waals surface area contributed by atoms with E-state index in [0.717, 1.165) is 30.1 Å². The monoisotopic (exact) mass is 359 g/mol. The molecule has 2 rings (SSSR count). The maximum atomic E-state index is 12.3. The molecule has 1 aliphatic rings. The lowest BCUT2D eigenvalue weighted by Gasteiger charge is -2.12. The number of halogens is 1. The van der Waals surface area contributed by atoms with Crippen molar-refractivity contribution < 1.29 is 26.1 Å². The average molecular weight is 360 g/mol. The van der Waals surface area contributed by atoms with Gasteiger partial charge in [-0.2, -0.15) is 0 Å². The molecule has 0 saturated carbocycles. The van der Waals surface area contributed by atoms with Gasteiger partial charge in [-0.05, 0) is 30.5 Å². The standard InChI is InChI=1S/C18H28O3S.ClH/c1-3-4-5-6-7-8-11-22(19)15(2)12-16-9-10-17-18(13-16)21-14-20-17;/h9-10,13,15H,3-8,11-12,14H2,1-2H3;1H/p-1. The van der Waals surface area contributed by atoms with Gasteiger partial charge in [0.1, 0.15) is 0 Å². The van der Waals surface area contributed by atoms with E-state index in [2.05, 4.69) is 13.8 Å². The fourth-order valence-corrected chi connectivity index (χ4v) is 3.99. The van der Waals surface area contributed by atoms with Crippen molar-refractivity contribution in [2.24, 2.45) is 0 Å². The van der Waals surface area contributed by atoms with E-state index in [1.54, 1.807) is 0 Å². The zero-order valence-electron chi connectivity index (χ0n) is 14.2. The number of hydrogen-bond donors (Lipinski definition) is 0. The molecule has 23 heavy (non-hydrogen) atoms. The summed E-state index contributed by atoms with van der Waals surface area (Å²) in [6.07, 6.45) is 8.32. The molecule has 5 heteroatoms. The Balaban J connectivity index is 0.00000264. The normalized spacial score (nSPS) is 15.0. The molecule has 3 nitrogen and oxygen atoms in total. The third kappa shape index (κ3) is 6.72. The summed E-state index contributed by atoms with van der Waals surface area (Å²) in [6.45, 7) is 4.61. The Morgan fingerprint density at radius 3 is 2.57 bits per heavy atom. The summed E-state index contributed by atoms with van der Waals surface area (Å²) in [5.41, 5.74) is 1.17. The Hall–Kier alpha value is -0.740. The molecule has 2 unspecified atom stereocenters. The topological polar surface area (TPSA) is 35.5 Å². The Morgan fingerprint density at radius 2 is 1.78 bits per heavy atom. The second-order valence-electron chi connectivity index (χ2n) is 6.05. The van der Waals surface area contributed by atoms with Crippen LogP contribution in [-0.2, 0) is 17.2 Å². The molecule has 1 aromatic carbocycles. The molecule has 132 valence electrons. The molecule has 1 aliphatic heterocycles. The lowest BCUT2D eigenvalue weighted by molar-refractivity contribution is -0.00000724. The predicted octanol–water partition coefficient (Wildman–Crippen LogP) is 1.46. The Bertz CT molecular complexity index is 493. The summed E-state index contributed by atoms with van der Waals surface area (Å²) in [5, 5.41) is 0.191. The van der Waals surface area contributed by atoms with Gasteiger partial charge in [-0.15, -0.1) is 0 Å². The highest BCUT2D eigenvalue weighted by Gasteiger charge is 2.16. The van der Waals surface area contributed by atoms with Gasteiger partial charge in [0.25, 0.3) is 0 Å². The summed E-state index contributed by atoms with van der Waals surface area (Å²) in [6, 6.07) is 6.01. The highest BCUT2D eigenvalue weighted by molar-refractivity contribution is 7.85. The van der Waals surface area contributed by atoms with Crippen molar-refractivity contribution in [3.05, 3.63) is 23.8 Å². The Kier molecular flexibility index (Phi) is 9.65. The molecular formula is C18H28ClO3S-. The van der Waals surface area contributed by atoms with E-state index < -0.39 is 10.8 Å². The first-order valence-electron chi connectivity index (χ1n) is 8.46. The van der Waals surface area contributed by atoms with E-state index in [4.69, 9.17) is 9.47 Å². The molecule has 1 heterocycles. The molecule has 0 spiro atoms. The van der Waals surface area contributed by atoms with E-state index in [0.29, 0.717) is 6.79 Å². The van der Waals surface area contributed by atoms with E-state index in [1.807, 2.05) is 18.2 Å². The fraction of sp³-hybridized carbons (Fsp3) is 0.667. The molecule has 1 aromatic rings. The van der Waals surface area contributed by atoms with Gasteiger partial charge in [0.15, 0.2) is 11.5 Å². The second kappa shape index (κ2) is 10.9. The molecule has 0 saturated heterocycles. The predicted molar refractivity (Wildman–Crippen MR) is 92.1 cm³/mol. The highest BCUT2D eigenvalue weighted by atomic mass is 35.5. The van der Waals surface area contributed by atoms with E-state index >= 15 is 0 Å². The average Bonchev–Trinajstić information content (AvgIpc) is 2.98. The van der Waals surface area contributed by atoms with E-state index in [9.17, 15) is 4.21 Å². The highest BCUT2D eigenvalue weighted by Crippen LogP contribution is 2.33. The third-order valence-corrected chi connectivity index (χ3v) is 5.86. The Labute approximate surface area is 149 Å². The fourth-order valence-electron chi connectivity index (χ4n) is 2.72.